The van der Waals surface area contributed by atoms with E-state index in [2.05, 4.69) is 11.2 Å². The van der Waals surface area contributed by atoms with Crippen LogP contribution in [0.15, 0.2) is 64.7 Å². The van der Waals surface area contributed by atoms with Crippen LogP contribution in [0.3, 0.4) is 0 Å². The first-order valence-corrected chi connectivity index (χ1v) is 9.02. The highest BCUT2D eigenvalue weighted by Gasteiger charge is 2.17. The molecule has 0 heterocycles. The maximum Gasteiger partial charge on any atom is 0.358 e. The fourth-order valence-corrected chi connectivity index (χ4v) is 3.32. The lowest BCUT2D eigenvalue weighted by atomic mass is 9.88. The fraction of sp³-hybridized carbons (Fsp3) is 0.167. The first-order valence-electron chi connectivity index (χ1n) is 7.62. The van der Waals surface area contributed by atoms with Crippen LogP contribution in [0, 0.1) is 0 Å². The van der Waals surface area contributed by atoms with Crippen molar-refractivity contribution in [3.63, 3.8) is 0 Å². The van der Waals surface area contributed by atoms with E-state index in [0.717, 1.165) is 23.1 Å². The monoisotopic (exact) mass is 342 g/mol. The van der Waals surface area contributed by atoms with Crippen molar-refractivity contribution in [3.05, 3.63) is 71.3 Å². The quantitative estimate of drug-likeness (QED) is 0.669. The summed E-state index contributed by atoms with van der Waals surface area (Å²) >= 11 is 0. The Morgan fingerprint density at radius 1 is 1.17 bits per heavy atom. The number of oxime groups is 1. The first kappa shape index (κ1) is 16.4. The van der Waals surface area contributed by atoms with Gasteiger partial charge in [0.25, 0.3) is 0 Å². The molecule has 6 heteroatoms. The zero-order valence-corrected chi connectivity index (χ0v) is 13.8. The first-order chi connectivity index (χ1) is 11.6. The van der Waals surface area contributed by atoms with Crippen LogP contribution in [0.25, 0.3) is 6.08 Å². The molecule has 1 unspecified atom stereocenters. The van der Waals surface area contributed by atoms with E-state index in [9.17, 15) is 8.42 Å². The third kappa shape index (κ3) is 3.55. The van der Waals surface area contributed by atoms with Crippen LogP contribution < -0.4 is 5.73 Å². The molecule has 5 nitrogen and oxygen atoms in total. The Balaban J connectivity index is 1.72. The Labute approximate surface area is 141 Å². The second-order valence-electron chi connectivity index (χ2n) is 5.50. The van der Waals surface area contributed by atoms with Crippen molar-refractivity contribution < 1.29 is 12.7 Å². The van der Waals surface area contributed by atoms with Crippen LogP contribution in [-0.2, 0) is 20.9 Å². The Morgan fingerprint density at radius 2 is 1.92 bits per heavy atom. The van der Waals surface area contributed by atoms with Crippen molar-refractivity contribution in [3.8, 4) is 0 Å². The van der Waals surface area contributed by atoms with E-state index < -0.39 is 10.1 Å². The van der Waals surface area contributed by atoms with Crippen molar-refractivity contribution in [2.45, 2.75) is 23.8 Å². The van der Waals surface area contributed by atoms with Gasteiger partial charge in [-0.05, 0) is 35.2 Å². The average Bonchev–Trinajstić information content (AvgIpc) is 2.62. The van der Waals surface area contributed by atoms with Crippen LogP contribution in [0.5, 0.6) is 0 Å². The summed E-state index contributed by atoms with van der Waals surface area (Å²) in [6.45, 7) is 0.355. The summed E-state index contributed by atoms with van der Waals surface area (Å²) in [7, 11) is -3.92. The molecule has 0 fully saturated rings. The molecule has 1 aliphatic carbocycles. The van der Waals surface area contributed by atoms with E-state index in [4.69, 9.17) is 10.0 Å². The van der Waals surface area contributed by atoms with Crippen molar-refractivity contribution in [2.24, 2.45) is 10.9 Å². The summed E-state index contributed by atoms with van der Waals surface area (Å²) in [6, 6.07) is 14.2. The highest BCUT2D eigenvalue weighted by Crippen LogP contribution is 2.28. The number of hydrogen-bond acceptors (Lipinski definition) is 5. The summed E-state index contributed by atoms with van der Waals surface area (Å²) < 4.78 is 29.1. The van der Waals surface area contributed by atoms with Crippen LogP contribution in [0.2, 0.25) is 0 Å². The van der Waals surface area contributed by atoms with Gasteiger partial charge in [0.2, 0.25) is 0 Å². The van der Waals surface area contributed by atoms with E-state index in [1.807, 2.05) is 30.3 Å². The maximum atomic E-state index is 12.1. The van der Waals surface area contributed by atoms with Gasteiger partial charge in [-0.25, -0.2) is 0 Å². The number of nitrogens with zero attached hydrogens (tertiary/aromatic N) is 1. The van der Waals surface area contributed by atoms with Gasteiger partial charge in [-0.2, -0.15) is 8.42 Å². The van der Waals surface area contributed by atoms with Gasteiger partial charge < -0.3 is 5.73 Å². The molecule has 0 saturated heterocycles. The molecule has 1 aliphatic rings. The molecule has 0 amide bonds. The number of hydrogen-bond donors (Lipinski definition) is 1. The van der Waals surface area contributed by atoms with E-state index in [1.54, 1.807) is 12.1 Å². The second-order valence-corrected chi connectivity index (χ2v) is 7.03. The van der Waals surface area contributed by atoms with Gasteiger partial charge in [-0.3, -0.25) is 4.28 Å². The van der Waals surface area contributed by atoms with E-state index in [-0.39, 0.29) is 10.8 Å². The predicted molar refractivity (Wildman–Crippen MR) is 93.9 cm³/mol. The molecule has 24 heavy (non-hydrogen) atoms. The molecule has 0 radical (unpaired) electrons. The lowest BCUT2D eigenvalue weighted by Crippen LogP contribution is -2.07. The molecule has 0 saturated carbocycles. The van der Waals surface area contributed by atoms with Crippen molar-refractivity contribution in [2.75, 3.05) is 0 Å². The summed E-state index contributed by atoms with van der Waals surface area (Å²) in [5.74, 6) is 0.000941. The number of allylic oxidation sites excluding steroid dienone is 1. The largest absolute Gasteiger partial charge is 0.358 e. The number of nitrogens with two attached hydrogens (primary N) is 1. The summed E-state index contributed by atoms with van der Waals surface area (Å²) in [4.78, 5) is 0.0563. The fourth-order valence-electron chi connectivity index (χ4n) is 2.60. The van der Waals surface area contributed by atoms with Gasteiger partial charge in [0, 0.05) is 12.5 Å². The van der Waals surface area contributed by atoms with Gasteiger partial charge in [0.1, 0.15) is 4.90 Å². The minimum atomic E-state index is -3.92. The molecule has 2 aromatic carbocycles. The molecular weight excluding hydrogens is 324 g/mol. The Morgan fingerprint density at radius 3 is 2.67 bits per heavy atom. The van der Waals surface area contributed by atoms with E-state index in [1.165, 1.54) is 18.3 Å². The molecule has 124 valence electrons. The van der Waals surface area contributed by atoms with Crippen LogP contribution in [0.4, 0.5) is 0 Å². The molecule has 0 spiro atoms. The molecule has 2 N–H and O–H groups in total. The number of benzene rings is 2. The number of fused-ring (bicyclic) bond motifs is 1. The van der Waals surface area contributed by atoms with Gasteiger partial charge in [0.05, 0.1) is 6.21 Å². The molecular formula is C18H18N2O3S. The number of rotatable bonds is 5. The smallest absolute Gasteiger partial charge is 0.326 e. The summed E-state index contributed by atoms with van der Waals surface area (Å²) in [5.41, 5.74) is 8.57. The topological polar surface area (TPSA) is 81.8 Å². The van der Waals surface area contributed by atoms with E-state index in [0.29, 0.717) is 6.54 Å². The summed E-state index contributed by atoms with van der Waals surface area (Å²) in [5, 5.41) is 3.71. The lowest BCUT2D eigenvalue weighted by molar-refractivity contribution is 0.339. The maximum absolute atomic E-state index is 12.1. The highest BCUT2D eigenvalue weighted by molar-refractivity contribution is 7.86. The third-order valence-corrected chi connectivity index (χ3v) is 5.04. The molecule has 3 rings (SSSR count). The highest BCUT2D eigenvalue weighted by atomic mass is 32.2. The molecule has 2 aromatic rings. The SMILES string of the molecule is NCc1ccc(S(=O)(=O)ON=CC2CC=Cc3ccccc32)cc1. The van der Waals surface area contributed by atoms with Gasteiger partial charge in [-0.15, -0.1) is 0 Å². The third-order valence-electron chi connectivity index (χ3n) is 3.91. The average molecular weight is 342 g/mol. The van der Waals surface area contributed by atoms with Crippen LogP contribution in [0.1, 0.15) is 29.0 Å². The minimum Gasteiger partial charge on any atom is -0.326 e. The van der Waals surface area contributed by atoms with Crippen LogP contribution in [-0.4, -0.2) is 14.6 Å². The predicted octanol–water partition coefficient (Wildman–Crippen LogP) is 3.04. The lowest BCUT2D eigenvalue weighted by Gasteiger charge is -2.17. The Kier molecular flexibility index (Phi) is 4.78. The summed E-state index contributed by atoms with van der Waals surface area (Å²) in [6.07, 6.45) is 6.39. The Bertz CT molecular complexity index is 871. The Hall–Kier alpha value is -2.44. The minimum absolute atomic E-state index is 0.000941. The van der Waals surface area contributed by atoms with Crippen molar-refractivity contribution >= 4 is 22.4 Å². The standard InChI is InChI=1S/C18H18N2O3S/c19-12-14-8-10-17(11-9-14)24(21,22)23-20-13-16-6-3-5-15-4-1-2-7-18(15)16/h1-5,7-11,13,16H,6,12,19H2. The zero-order chi connectivity index (χ0) is 17.0. The molecule has 1 atom stereocenters. The molecule has 0 aliphatic heterocycles. The van der Waals surface area contributed by atoms with Crippen molar-refractivity contribution in [1.82, 2.24) is 0 Å². The van der Waals surface area contributed by atoms with Gasteiger partial charge >= 0.3 is 10.1 Å². The molecule has 0 bridgehead atoms. The zero-order valence-electron chi connectivity index (χ0n) is 13.0. The van der Waals surface area contributed by atoms with Crippen LogP contribution >= 0.6 is 0 Å². The molecule has 0 aromatic heterocycles. The normalized spacial score (nSPS) is 17.0. The van der Waals surface area contributed by atoms with E-state index >= 15 is 0 Å². The van der Waals surface area contributed by atoms with Gasteiger partial charge in [-0.1, -0.05) is 53.7 Å². The van der Waals surface area contributed by atoms with Gasteiger partial charge in [0.15, 0.2) is 0 Å². The van der Waals surface area contributed by atoms with Crippen molar-refractivity contribution in [1.29, 1.82) is 0 Å². The second kappa shape index (κ2) is 6.98.